The summed E-state index contributed by atoms with van der Waals surface area (Å²) in [5, 5.41) is 0. The van der Waals surface area contributed by atoms with Gasteiger partial charge in [-0.15, -0.1) is 12.4 Å². The van der Waals surface area contributed by atoms with Gasteiger partial charge < -0.3 is 10.5 Å². The van der Waals surface area contributed by atoms with E-state index in [1.54, 1.807) is 6.07 Å². The third-order valence-corrected chi connectivity index (χ3v) is 2.24. The van der Waals surface area contributed by atoms with Crippen LogP contribution in [0, 0.1) is 5.82 Å². The number of ether oxygens (including phenoxy) is 1. The van der Waals surface area contributed by atoms with E-state index in [0.717, 1.165) is 12.0 Å². The van der Waals surface area contributed by atoms with Gasteiger partial charge in [-0.05, 0) is 30.5 Å². The van der Waals surface area contributed by atoms with E-state index in [1.807, 2.05) is 13.0 Å². The Kier molecular flexibility index (Phi) is 6.29. The lowest BCUT2D eigenvalue weighted by molar-refractivity contribution is 0.386. The first-order chi connectivity index (χ1) is 6.67. The van der Waals surface area contributed by atoms with Crippen LogP contribution in [0.15, 0.2) is 18.2 Å². The molecule has 0 aliphatic rings. The molecule has 15 heavy (non-hydrogen) atoms. The molecule has 0 spiro atoms. The Hall–Kier alpha value is -0.800. The largest absolute Gasteiger partial charge is 0.494 e. The summed E-state index contributed by atoms with van der Waals surface area (Å²) in [5.41, 5.74) is 6.69. The van der Waals surface area contributed by atoms with Crippen molar-refractivity contribution in [2.75, 3.05) is 7.11 Å². The molecule has 2 N–H and O–H groups in total. The molecular weight excluding hydrogens is 217 g/mol. The van der Waals surface area contributed by atoms with Crippen molar-refractivity contribution in [3.63, 3.8) is 0 Å². The van der Waals surface area contributed by atoms with Crippen LogP contribution >= 0.6 is 12.4 Å². The zero-order valence-electron chi connectivity index (χ0n) is 9.00. The van der Waals surface area contributed by atoms with Crippen molar-refractivity contribution in [1.29, 1.82) is 0 Å². The average Bonchev–Trinajstić information content (AvgIpc) is 2.18. The minimum absolute atomic E-state index is 0. The van der Waals surface area contributed by atoms with Crippen LogP contribution in [0.2, 0.25) is 0 Å². The van der Waals surface area contributed by atoms with Crippen LogP contribution in [0.25, 0.3) is 0 Å². The molecule has 0 heterocycles. The third-order valence-electron chi connectivity index (χ3n) is 2.24. The number of nitrogens with two attached hydrogens (primary N) is 1. The Morgan fingerprint density at radius 2 is 2.13 bits per heavy atom. The Bertz CT molecular complexity index is 307. The summed E-state index contributed by atoms with van der Waals surface area (Å²) in [6.07, 6.45) is 1.60. The summed E-state index contributed by atoms with van der Waals surface area (Å²) >= 11 is 0. The second-order valence-corrected chi connectivity index (χ2v) is 3.34. The molecule has 1 atom stereocenters. The fourth-order valence-corrected chi connectivity index (χ4v) is 1.28. The summed E-state index contributed by atoms with van der Waals surface area (Å²) in [6.45, 7) is 2.02. The van der Waals surface area contributed by atoms with Gasteiger partial charge in [0.2, 0.25) is 0 Å². The molecule has 1 aromatic carbocycles. The van der Waals surface area contributed by atoms with Crippen LogP contribution in [0.4, 0.5) is 4.39 Å². The molecule has 2 nitrogen and oxygen atoms in total. The maximum atomic E-state index is 13.2. The van der Waals surface area contributed by atoms with Gasteiger partial charge in [0.25, 0.3) is 0 Å². The molecule has 0 aromatic heterocycles. The van der Waals surface area contributed by atoms with E-state index in [4.69, 9.17) is 10.5 Å². The smallest absolute Gasteiger partial charge is 0.165 e. The molecule has 0 aliphatic heterocycles. The van der Waals surface area contributed by atoms with E-state index < -0.39 is 0 Å². The lowest BCUT2D eigenvalue weighted by Crippen LogP contribution is -2.21. The minimum atomic E-state index is -0.326. The Morgan fingerprint density at radius 3 is 2.60 bits per heavy atom. The maximum Gasteiger partial charge on any atom is 0.165 e. The zero-order chi connectivity index (χ0) is 10.6. The Morgan fingerprint density at radius 1 is 1.47 bits per heavy atom. The topological polar surface area (TPSA) is 35.2 Å². The molecule has 4 heteroatoms. The molecule has 1 rings (SSSR count). The second kappa shape index (κ2) is 6.64. The van der Waals surface area contributed by atoms with Crippen molar-refractivity contribution < 1.29 is 9.13 Å². The van der Waals surface area contributed by atoms with E-state index in [9.17, 15) is 4.39 Å². The van der Waals surface area contributed by atoms with Gasteiger partial charge in [0.15, 0.2) is 11.6 Å². The monoisotopic (exact) mass is 233 g/mol. The lowest BCUT2D eigenvalue weighted by atomic mass is 10.0. The molecule has 0 radical (unpaired) electrons. The first kappa shape index (κ1) is 14.2. The van der Waals surface area contributed by atoms with Gasteiger partial charge in [-0.3, -0.25) is 0 Å². The van der Waals surface area contributed by atoms with Crippen molar-refractivity contribution in [3.05, 3.63) is 29.6 Å². The van der Waals surface area contributed by atoms with Gasteiger partial charge in [-0.1, -0.05) is 13.0 Å². The van der Waals surface area contributed by atoms with Gasteiger partial charge >= 0.3 is 0 Å². The van der Waals surface area contributed by atoms with E-state index in [0.29, 0.717) is 6.42 Å². The van der Waals surface area contributed by atoms with E-state index >= 15 is 0 Å². The Labute approximate surface area is 96.0 Å². The minimum Gasteiger partial charge on any atom is -0.494 e. The summed E-state index contributed by atoms with van der Waals surface area (Å²) < 4.78 is 18.1. The molecule has 0 saturated carbocycles. The molecule has 0 fully saturated rings. The number of methoxy groups -OCH3 is 1. The second-order valence-electron chi connectivity index (χ2n) is 3.34. The van der Waals surface area contributed by atoms with Crippen molar-refractivity contribution in [2.24, 2.45) is 5.73 Å². The predicted octanol–water partition coefficient (Wildman–Crippen LogP) is 2.54. The van der Waals surface area contributed by atoms with E-state index in [2.05, 4.69) is 0 Å². The summed E-state index contributed by atoms with van der Waals surface area (Å²) in [7, 11) is 1.45. The fraction of sp³-hybridized carbons (Fsp3) is 0.455. The highest BCUT2D eigenvalue weighted by molar-refractivity contribution is 5.85. The van der Waals surface area contributed by atoms with Gasteiger partial charge in [0, 0.05) is 6.04 Å². The SMILES string of the molecule is CCC(N)Cc1ccc(OC)c(F)c1.Cl. The molecule has 1 unspecified atom stereocenters. The van der Waals surface area contributed by atoms with Crippen molar-refractivity contribution in [2.45, 2.75) is 25.8 Å². The van der Waals surface area contributed by atoms with Gasteiger partial charge in [-0.25, -0.2) is 4.39 Å². The van der Waals surface area contributed by atoms with Crippen molar-refractivity contribution in [3.8, 4) is 5.75 Å². The van der Waals surface area contributed by atoms with Gasteiger partial charge in [0.05, 0.1) is 7.11 Å². The molecule has 1 aromatic rings. The fourth-order valence-electron chi connectivity index (χ4n) is 1.28. The molecule has 86 valence electrons. The Balaban J connectivity index is 0.00000196. The van der Waals surface area contributed by atoms with Crippen LogP contribution in [-0.4, -0.2) is 13.2 Å². The molecule has 0 bridgehead atoms. The molecule has 0 aliphatic carbocycles. The first-order valence-corrected chi connectivity index (χ1v) is 4.75. The average molecular weight is 234 g/mol. The molecule has 0 saturated heterocycles. The number of benzene rings is 1. The number of halogens is 2. The zero-order valence-corrected chi connectivity index (χ0v) is 9.81. The third kappa shape index (κ3) is 4.06. The van der Waals surface area contributed by atoms with Crippen LogP contribution in [0.5, 0.6) is 5.75 Å². The van der Waals surface area contributed by atoms with E-state index in [1.165, 1.54) is 13.2 Å². The summed E-state index contributed by atoms with van der Waals surface area (Å²) in [5.74, 6) is -0.0490. The predicted molar refractivity (Wildman–Crippen MR) is 62.2 cm³/mol. The van der Waals surface area contributed by atoms with Crippen LogP contribution in [0.3, 0.4) is 0 Å². The van der Waals surface area contributed by atoms with Crippen LogP contribution in [0.1, 0.15) is 18.9 Å². The summed E-state index contributed by atoms with van der Waals surface area (Å²) in [4.78, 5) is 0. The van der Waals surface area contributed by atoms with Crippen LogP contribution < -0.4 is 10.5 Å². The highest BCUT2D eigenvalue weighted by Crippen LogP contribution is 2.18. The molecular formula is C11H17ClFNO. The van der Waals surface area contributed by atoms with Crippen LogP contribution in [-0.2, 0) is 6.42 Å². The number of rotatable bonds is 4. The van der Waals surface area contributed by atoms with Crippen molar-refractivity contribution >= 4 is 12.4 Å². The highest BCUT2D eigenvalue weighted by atomic mass is 35.5. The highest BCUT2D eigenvalue weighted by Gasteiger charge is 2.06. The van der Waals surface area contributed by atoms with Crippen molar-refractivity contribution in [1.82, 2.24) is 0 Å². The normalized spacial score (nSPS) is 11.7. The first-order valence-electron chi connectivity index (χ1n) is 4.75. The lowest BCUT2D eigenvalue weighted by Gasteiger charge is -2.09. The maximum absolute atomic E-state index is 13.2. The van der Waals surface area contributed by atoms with Gasteiger partial charge in [-0.2, -0.15) is 0 Å². The quantitative estimate of drug-likeness (QED) is 0.868. The molecule has 0 amide bonds. The number of hydrogen-bond donors (Lipinski definition) is 1. The standard InChI is InChI=1S/C11H16FNO.ClH/c1-3-9(13)6-8-4-5-11(14-2)10(12)7-8;/h4-5,7,9H,3,6,13H2,1-2H3;1H. The summed E-state index contributed by atoms with van der Waals surface area (Å²) in [6, 6.07) is 5.06. The number of hydrogen-bond acceptors (Lipinski definition) is 2. The van der Waals surface area contributed by atoms with Gasteiger partial charge in [0.1, 0.15) is 0 Å². The van der Waals surface area contributed by atoms with E-state index in [-0.39, 0.29) is 30.0 Å².